The average molecular weight is 394 g/mol. The molecule has 1 aromatic carbocycles. The lowest BCUT2D eigenvalue weighted by molar-refractivity contribution is -0.133. The molecular formula is C18H24ClN5OS. The van der Waals surface area contributed by atoms with E-state index in [1.165, 1.54) is 31.0 Å². The first-order chi connectivity index (χ1) is 12.6. The summed E-state index contributed by atoms with van der Waals surface area (Å²) in [6, 6.07) is 7.68. The Bertz CT molecular complexity index is 729. The molecule has 0 aliphatic heterocycles. The minimum Gasteiger partial charge on any atom is -0.339 e. The minimum atomic E-state index is -0.242. The summed E-state index contributed by atoms with van der Waals surface area (Å²) < 4.78 is 1.64. The van der Waals surface area contributed by atoms with Gasteiger partial charge in [0.1, 0.15) is 0 Å². The van der Waals surface area contributed by atoms with Gasteiger partial charge in [-0.25, -0.2) is 0 Å². The van der Waals surface area contributed by atoms with Crippen LogP contribution in [0.3, 0.4) is 0 Å². The summed E-state index contributed by atoms with van der Waals surface area (Å²) in [7, 11) is 0. The maximum Gasteiger partial charge on any atom is 0.236 e. The molecule has 1 aromatic heterocycles. The third-order valence-corrected chi connectivity index (χ3v) is 6.05. The molecule has 1 aliphatic rings. The van der Waals surface area contributed by atoms with Crippen LogP contribution in [0.2, 0.25) is 5.02 Å². The van der Waals surface area contributed by atoms with Crippen molar-refractivity contribution in [2.24, 2.45) is 0 Å². The molecule has 3 rings (SSSR count). The third-order valence-electron chi connectivity index (χ3n) is 4.78. The summed E-state index contributed by atoms with van der Waals surface area (Å²) in [6.07, 6.45) is 5.93. The van der Waals surface area contributed by atoms with Crippen molar-refractivity contribution in [1.29, 1.82) is 0 Å². The van der Waals surface area contributed by atoms with Crippen molar-refractivity contribution in [2.75, 3.05) is 6.54 Å². The summed E-state index contributed by atoms with van der Waals surface area (Å²) in [4.78, 5) is 15.0. The van der Waals surface area contributed by atoms with Crippen molar-refractivity contribution in [3.63, 3.8) is 0 Å². The molecule has 1 saturated carbocycles. The molecule has 26 heavy (non-hydrogen) atoms. The lowest BCUT2D eigenvalue weighted by atomic mass is 9.94. The topological polar surface area (TPSA) is 63.9 Å². The molecule has 8 heteroatoms. The van der Waals surface area contributed by atoms with Crippen LogP contribution in [0.25, 0.3) is 5.69 Å². The number of hydrogen-bond donors (Lipinski definition) is 0. The number of tetrazole rings is 1. The maximum absolute atomic E-state index is 13.0. The highest BCUT2D eigenvalue weighted by atomic mass is 35.5. The van der Waals surface area contributed by atoms with Crippen LogP contribution >= 0.6 is 23.4 Å². The third kappa shape index (κ3) is 4.38. The normalized spacial score (nSPS) is 16.4. The van der Waals surface area contributed by atoms with Crippen LogP contribution in [0.15, 0.2) is 29.4 Å². The number of halogens is 1. The van der Waals surface area contributed by atoms with Gasteiger partial charge in [0.25, 0.3) is 0 Å². The first kappa shape index (κ1) is 19.2. The average Bonchev–Trinajstić information content (AvgIpc) is 3.12. The number of nitrogens with zero attached hydrogens (tertiary/aromatic N) is 5. The van der Waals surface area contributed by atoms with Gasteiger partial charge in [0.05, 0.1) is 10.9 Å². The lowest BCUT2D eigenvalue weighted by Gasteiger charge is -2.35. The van der Waals surface area contributed by atoms with E-state index in [0.717, 1.165) is 25.1 Å². The van der Waals surface area contributed by atoms with E-state index in [-0.39, 0.29) is 11.2 Å². The summed E-state index contributed by atoms with van der Waals surface area (Å²) in [5, 5.41) is 12.9. The Morgan fingerprint density at radius 1 is 1.31 bits per heavy atom. The zero-order valence-electron chi connectivity index (χ0n) is 15.1. The molecule has 1 heterocycles. The van der Waals surface area contributed by atoms with Crippen LogP contribution in [0, 0.1) is 0 Å². The molecule has 1 aliphatic carbocycles. The predicted molar refractivity (Wildman–Crippen MR) is 104 cm³/mol. The van der Waals surface area contributed by atoms with Gasteiger partial charge in [0.15, 0.2) is 0 Å². The number of carbonyl (C=O) groups excluding carboxylic acids is 1. The number of thioether (sulfide) groups is 1. The zero-order chi connectivity index (χ0) is 18.5. The van der Waals surface area contributed by atoms with Gasteiger partial charge in [0, 0.05) is 17.6 Å². The van der Waals surface area contributed by atoms with Gasteiger partial charge >= 0.3 is 0 Å². The Labute approximate surface area is 163 Å². The Kier molecular flexibility index (Phi) is 6.53. The van der Waals surface area contributed by atoms with Crippen molar-refractivity contribution in [3.8, 4) is 5.69 Å². The minimum absolute atomic E-state index is 0.162. The van der Waals surface area contributed by atoms with Crippen molar-refractivity contribution >= 4 is 29.3 Å². The Morgan fingerprint density at radius 3 is 2.65 bits per heavy atom. The Morgan fingerprint density at radius 2 is 2.00 bits per heavy atom. The fourth-order valence-corrected chi connectivity index (χ4v) is 4.43. The number of rotatable bonds is 6. The van der Waals surface area contributed by atoms with E-state index in [1.54, 1.807) is 16.8 Å². The number of aromatic nitrogens is 4. The molecule has 0 bridgehead atoms. The summed E-state index contributed by atoms with van der Waals surface area (Å²) in [5.41, 5.74) is 0.821. The van der Waals surface area contributed by atoms with Crippen LogP contribution in [-0.4, -0.2) is 48.9 Å². The van der Waals surface area contributed by atoms with Crippen LogP contribution in [0.5, 0.6) is 0 Å². The molecule has 0 saturated heterocycles. The maximum atomic E-state index is 13.0. The lowest BCUT2D eigenvalue weighted by Crippen LogP contribution is -2.44. The smallest absolute Gasteiger partial charge is 0.236 e. The fraction of sp³-hybridized carbons (Fsp3) is 0.556. The van der Waals surface area contributed by atoms with E-state index < -0.39 is 0 Å². The van der Waals surface area contributed by atoms with E-state index >= 15 is 0 Å². The summed E-state index contributed by atoms with van der Waals surface area (Å²) in [5.74, 6) is 0.162. The number of amides is 1. The highest BCUT2D eigenvalue weighted by Crippen LogP contribution is 2.28. The highest BCUT2D eigenvalue weighted by Gasteiger charge is 2.29. The van der Waals surface area contributed by atoms with E-state index in [9.17, 15) is 4.79 Å². The number of benzene rings is 1. The highest BCUT2D eigenvalue weighted by molar-refractivity contribution is 8.00. The van der Waals surface area contributed by atoms with Gasteiger partial charge in [-0.15, -0.1) is 5.10 Å². The second-order valence-corrected chi connectivity index (χ2v) is 8.27. The van der Waals surface area contributed by atoms with Gasteiger partial charge < -0.3 is 4.90 Å². The SMILES string of the molecule is CCN(C(=O)C(C)Sc1nnnn1-c1ccc(Cl)cc1)C1CCCCC1. The zero-order valence-corrected chi connectivity index (χ0v) is 16.7. The van der Waals surface area contributed by atoms with E-state index in [1.807, 2.05) is 24.0 Å². The Hall–Kier alpha value is -1.60. The molecule has 0 radical (unpaired) electrons. The molecule has 140 valence electrons. The summed E-state index contributed by atoms with van der Waals surface area (Å²) in [6.45, 7) is 4.73. The van der Waals surface area contributed by atoms with E-state index in [4.69, 9.17) is 11.6 Å². The van der Waals surface area contributed by atoms with Crippen LogP contribution in [0.4, 0.5) is 0 Å². The largest absolute Gasteiger partial charge is 0.339 e. The predicted octanol–water partition coefficient (Wildman–Crippen LogP) is 3.98. The van der Waals surface area contributed by atoms with Crippen LogP contribution in [0.1, 0.15) is 46.0 Å². The molecule has 1 fully saturated rings. The van der Waals surface area contributed by atoms with Crippen molar-refractivity contribution in [3.05, 3.63) is 29.3 Å². The standard InChI is InChI=1S/C18H24ClN5OS/c1-3-23(15-7-5-4-6-8-15)17(25)13(2)26-18-20-21-22-24(18)16-11-9-14(19)10-12-16/h9-13,15H,3-8H2,1-2H3. The van der Waals surface area contributed by atoms with Gasteiger partial charge in [-0.05, 0) is 61.4 Å². The second kappa shape index (κ2) is 8.86. The monoisotopic (exact) mass is 393 g/mol. The molecule has 1 unspecified atom stereocenters. The van der Waals surface area contributed by atoms with Crippen molar-refractivity contribution < 1.29 is 4.79 Å². The van der Waals surface area contributed by atoms with Crippen LogP contribution in [-0.2, 0) is 4.79 Å². The Balaban J connectivity index is 1.71. The fourth-order valence-electron chi connectivity index (χ4n) is 3.43. The van der Waals surface area contributed by atoms with E-state index in [2.05, 4.69) is 22.4 Å². The number of hydrogen-bond acceptors (Lipinski definition) is 5. The quantitative estimate of drug-likeness (QED) is 0.694. The first-order valence-corrected chi connectivity index (χ1v) is 10.4. The van der Waals surface area contributed by atoms with Crippen molar-refractivity contribution in [2.45, 2.75) is 62.4 Å². The van der Waals surface area contributed by atoms with Crippen molar-refractivity contribution in [1.82, 2.24) is 25.1 Å². The van der Waals surface area contributed by atoms with Gasteiger partial charge in [-0.2, -0.15) is 4.68 Å². The second-order valence-electron chi connectivity index (χ2n) is 6.53. The molecular weight excluding hydrogens is 370 g/mol. The van der Waals surface area contributed by atoms with E-state index in [0.29, 0.717) is 16.2 Å². The first-order valence-electron chi connectivity index (χ1n) is 9.11. The molecule has 1 atom stereocenters. The molecule has 0 spiro atoms. The van der Waals surface area contributed by atoms with Gasteiger partial charge in [0.2, 0.25) is 11.1 Å². The van der Waals surface area contributed by atoms with Crippen LogP contribution < -0.4 is 0 Å². The number of carbonyl (C=O) groups is 1. The molecule has 1 amide bonds. The molecule has 6 nitrogen and oxygen atoms in total. The molecule has 2 aromatic rings. The molecule has 0 N–H and O–H groups in total. The van der Waals surface area contributed by atoms with Gasteiger partial charge in [-0.3, -0.25) is 4.79 Å². The van der Waals surface area contributed by atoms with Gasteiger partial charge in [-0.1, -0.05) is 42.6 Å². The summed E-state index contributed by atoms with van der Waals surface area (Å²) >= 11 is 7.34.